The molecule has 1 heterocycles. The van der Waals surface area contributed by atoms with Crippen LogP contribution in [0.5, 0.6) is 11.5 Å². The zero-order chi connectivity index (χ0) is 14.5. The van der Waals surface area contributed by atoms with Crippen LogP contribution in [0.25, 0.3) is 0 Å². The molecule has 1 aromatic carbocycles. The molecule has 118 valence electrons. The van der Waals surface area contributed by atoms with E-state index in [0.717, 1.165) is 25.9 Å². The molecule has 0 saturated carbocycles. The highest BCUT2D eigenvalue weighted by Crippen LogP contribution is 2.26. The molecule has 1 unspecified atom stereocenters. The minimum atomic E-state index is 0. The Kier molecular flexibility index (Phi) is 6.78. The number of halogens is 1. The largest absolute Gasteiger partial charge is 0.497 e. The van der Waals surface area contributed by atoms with E-state index in [1.807, 2.05) is 11.9 Å². The monoisotopic (exact) mass is 314 g/mol. The van der Waals surface area contributed by atoms with Crippen molar-refractivity contribution < 1.29 is 14.3 Å². The van der Waals surface area contributed by atoms with Gasteiger partial charge in [0.2, 0.25) is 0 Å². The molecular weight excluding hydrogens is 292 g/mol. The molecule has 0 bridgehead atoms. The normalized spacial score (nSPS) is 17.9. The van der Waals surface area contributed by atoms with Gasteiger partial charge in [0.25, 0.3) is 5.91 Å². The van der Waals surface area contributed by atoms with Gasteiger partial charge in [0.05, 0.1) is 19.8 Å². The van der Waals surface area contributed by atoms with Crippen LogP contribution < -0.4 is 14.8 Å². The van der Waals surface area contributed by atoms with Crippen LogP contribution in [-0.2, 0) is 0 Å². The number of carbonyl (C=O) groups is 1. The second kappa shape index (κ2) is 8.10. The number of nitrogens with one attached hydrogen (secondary N) is 1. The molecule has 1 saturated heterocycles. The maximum Gasteiger partial charge on any atom is 0.257 e. The van der Waals surface area contributed by atoms with Crippen molar-refractivity contribution in [2.24, 2.45) is 0 Å². The van der Waals surface area contributed by atoms with Gasteiger partial charge in [-0.2, -0.15) is 0 Å². The van der Waals surface area contributed by atoms with Gasteiger partial charge in [-0.05, 0) is 32.0 Å². The molecule has 1 aliphatic heterocycles. The fraction of sp³-hybridized carbons (Fsp3) is 0.533. The minimum Gasteiger partial charge on any atom is -0.497 e. The van der Waals surface area contributed by atoms with Crippen molar-refractivity contribution in [3.8, 4) is 11.5 Å². The van der Waals surface area contributed by atoms with Gasteiger partial charge in [-0.15, -0.1) is 12.4 Å². The summed E-state index contributed by atoms with van der Waals surface area (Å²) in [6.07, 6.45) is 2.13. The summed E-state index contributed by atoms with van der Waals surface area (Å²) in [6.45, 7) is 1.54. The summed E-state index contributed by atoms with van der Waals surface area (Å²) >= 11 is 0. The second-order valence-corrected chi connectivity index (χ2v) is 4.95. The van der Waals surface area contributed by atoms with Crippen molar-refractivity contribution >= 4 is 18.3 Å². The lowest BCUT2D eigenvalue weighted by Gasteiger charge is -2.32. The number of rotatable bonds is 4. The first kappa shape index (κ1) is 17.6. The van der Waals surface area contributed by atoms with Crippen molar-refractivity contribution in [3.05, 3.63) is 23.8 Å². The molecule has 0 spiro atoms. The van der Waals surface area contributed by atoms with Gasteiger partial charge in [0.1, 0.15) is 11.5 Å². The third-order valence-electron chi connectivity index (χ3n) is 3.76. The van der Waals surface area contributed by atoms with Crippen LogP contribution in [0.4, 0.5) is 0 Å². The molecule has 2 rings (SSSR count). The Morgan fingerprint density at radius 1 is 1.33 bits per heavy atom. The Labute approximate surface area is 132 Å². The lowest BCUT2D eigenvalue weighted by atomic mass is 10.0. The van der Waals surface area contributed by atoms with E-state index in [0.29, 0.717) is 23.1 Å². The number of benzene rings is 1. The summed E-state index contributed by atoms with van der Waals surface area (Å²) < 4.78 is 10.5. The Morgan fingerprint density at radius 2 is 2.10 bits per heavy atom. The maximum atomic E-state index is 12.6. The summed E-state index contributed by atoms with van der Waals surface area (Å²) in [6, 6.07) is 5.67. The minimum absolute atomic E-state index is 0. The van der Waals surface area contributed by atoms with Gasteiger partial charge in [0.15, 0.2) is 0 Å². The van der Waals surface area contributed by atoms with Gasteiger partial charge >= 0.3 is 0 Å². The van der Waals surface area contributed by atoms with E-state index in [1.54, 1.807) is 32.4 Å². The molecule has 1 amide bonds. The molecule has 1 N–H and O–H groups in total. The molecular formula is C15H23ClN2O3. The number of ether oxygens (including phenoxy) is 2. The smallest absolute Gasteiger partial charge is 0.257 e. The molecule has 1 aromatic rings. The van der Waals surface area contributed by atoms with Crippen molar-refractivity contribution in [1.29, 1.82) is 0 Å². The summed E-state index contributed by atoms with van der Waals surface area (Å²) in [5.41, 5.74) is 0.588. The maximum absolute atomic E-state index is 12.6. The number of methoxy groups -OCH3 is 2. The van der Waals surface area contributed by atoms with Crippen LogP contribution in [0.1, 0.15) is 23.2 Å². The van der Waals surface area contributed by atoms with Crippen LogP contribution in [-0.4, -0.2) is 51.2 Å². The van der Waals surface area contributed by atoms with Gasteiger partial charge in [-0.25, -0.2) is 0 Å². The highest BCUT2D eigenvalue weighted by molar-refractivity contribution is 5.97. The molecule has 6 heteroatoms. The quantitative estimate of drug-likeness (QED) is 0.923. The highest BCUT2D eigenvalue weighted by Gasteiger charge is 2.25. The van der Waals surface area contributed by atoms with E-state index in [9.17, 15) is 4.79 Å². The predicted molar refractivity (Wildman–Crippen MR) is 84.8 cm³/mol. The fourth-order valence-corrected chi connectivity index (χ4v) is 2.54. The number of hydrogen-bond donors (Lipinski definition) is 1. The van der Waals surface area contributed by atoms with E-state index in [1.165, 1.54) is 0 Å². The lowest BCUT2D eigenvalue weighted by Crippen LogP contribution is -2.47. The number of likely N-dealkylation sites (tertiary alicyclic amines) is 1. The third kappa shape index (κ3) is 4.02. The molecule has 1 atom stereocenters. The van der Waals surface area contributed by atoms with Gasteiger partial charge in [-0.3, -0.25) is 4.79 Å². The Morgan fingerprint density at radius 3 is 2.71 bits per heavy atom. The van der Waals surface area contributed by atoms with Crippen LogP contribution in [0.3, 0.4) is 0 Å². The molecule has 21 heavy (non-hydrogen) atoms. The van der Waals surface area contributed by atoms with Gasteiger partial charge < -0.3 is 19.7 Å². The second-order valence-electron chi connectivity index (χ2n) is 4.95. The molecule has 1 fully saturated rings. The zero-order valence-corrected chi connectivity index (χ0v) is 13.5. The first-order valence-corrected chi connectivity index (χ1v) is 6.88. The van der Waals surface area contributed by atoms with Gasteiger partial charge in [0, 0.05) is 25.2 Å². The fourth-order valence-electron chi connectivity index (χ4n) is 2.54. The van der Waals surface area contributed by atoms with E-state index >= 15 is 0 Å². The van der Waals surface area contributed by atoms with Crippen molar-refractivity contribution in [2.45, 2.75) is 18.9 Å². The van der Waals surface area contributed by atoms with E-state index in [4.69, 9.17) is 9.47 Å². The average molecular weight is 315 g/mol. The van der Waals surface area contributed by atoms with Crippen molar-refractivity contribution in [2.75, 3.05) is 34.4 Å². The summed E-state index contributed by atoms with van der Waals surface area (Å²) in [4.78, 5) is 14.5. The summed E-state index contributed by atoms with van der Waals surface area (Å²) in [5.74, 6) is 1.26. The van der Waals surface area contributed by atoms with Crippen LogP contribution >= 0.6 is 12.4 Å². The molecule has 0 radical (unpaired) electrons. The molecule has 0 aromatic heterocycles. The number of carbonyl (C=O) groups excluding carboxylic acids is 1. The average Bonchev–Trinajstić information content (AvgIpc) is 2.53. The Bertz CT molecular complexity index is 482. The number of likely N-dealkylation sites (N-methyl/N-ethyl adjacent to an activating group) is 1. The predicted octanol–water partition coefficient (Wildman–Crippen LogP) is 1.95. The SMILES string of the molecule is CNC1CCCN(C(=O)c2ccc(OC)cc2OC)C1.Cl. The Hall–Kier alpha value is -1.46. The summed E-state index contributed by atoms with van der Waals surface area (Å²) in [7, 11) is 5.10. The molecule has 1 aliphatic rings. The van der Waals surface area contributed by atoms with Crippen LogP contribution in [0.2, 0.25) is 0 Å². The van der Waals surface area contributed by atoms with Crippen molar-refractivity contribution in [1.82, 2.24) is 10.2 Å². The molecule has 5 nitrogen and oxygen atoms in total. The topological polar surface area (TPSA) is 50.8 Å². The highest BCUT2D eigenvalue weighted by atomic mass is 35.5. The summed E-state index contributed by atoms with van der Waals surface area (Å²) in [5, 5.41) is 3.24. The number of hydrogen-bond acceptors (Lipinski definition) is 4. The number of piperidine rings is 1. The number of amides is 1. The lowest BCUT2D eigenvalue weighted by molar-refractivity contribution is 0.0695. The first-order chi connectivity index (χ1) is 9.69. The first-order valence-electron chi connectivity index (χ1n) is 6.88. The third-order valence-corrected chi connectivity index (χ3v) is 3.76. The Balaban J connectivity index is 0.00000220. The van der Waals surface area contributed by atoms with Crippen LogP contribution in [0, 0.1) is 0 Å². The van der Waals surface area contributed by atoms with E-state index < -0.39 is 0 Å². The van der Waals surface area contributed by atoms with E-state index in [2.05, 4.69) is 5.32 Å². The van der Waals surface area contributed by atoms with Crippen LogP contribution in [0.15, 0.2) is 18.2 Å². The molecule has 0 aliphatic carbocycles. The van der Waals surface area contributed by atoms with Crippen molar-refractivity contribution in [3.63, 3.8) is 0 Å². The van der Waals surface area contributed by atoms with E-state index in [-0.39, 0.29) is 18.3 Å². The van der Waals surface area contributed by atoms with Gasteiger partial charge in [-0.1, -0.05) is 0 Å². The number of nitrogens with zero attached hydrogens (tertiary/aromatic N) is 1. The standard InChI is InChI=1S/C15H22N2O3.ClH/c1-16-11-5-4-8-17(10-11)15(18)13-7-6-12(19-2)9-14(13)20-3;/h6-7,9,11,16H,4-5,8,10H2,1-3H3;1H. The zero-order valence-electron chi connectivity index (χ0n) is 12.7.